The summed E-state index contributed by atoms with van der Waals surface area (Å²) in [6.07, 6.45) is 0. The molecule has 1 aromatic heterocycles. The van der Waals surface area contributed by atoms with E-state index >= 15 is 0 Å². The van der Waals surface area contributed by atoms with Gasteiger partial charge < -0.3 is 4.90 Å². The molecule has 92 valence electrons. The lowest BCUT2D eigenvalue weighted by Crippen LogP contribution is -2.15. The number of hydrogen-bond acceptors (Lipinski definition) is 3. The highest BCUT2D eigenvalue weighted by molar-refractivity contribution is 9.10. The number of benzene rings is 1. The van der Waals surface area contributed by atoms with Gasteiger partial charge in [-0.25, -0.2) is 4.39 Å². The Bertz CT molecular complexity index is 603. The highest BCUT2D eigenvalue weighted by atomic mass is 79.9. The molecule has 2 nitrogen and oxygen atoms in total. The van der Waals surface area contributed by atoms with Crippen molar-refractivity contribution in [1.29, 1.82) is 5.26 Å². The fourth-order valence-electron chi connectivity index (χ4n) is 1.59. The van der Waals surface area contributed by atoms with E-state index in [9.17, 15) is 4.39 Å². The Morgan fingerprint density at radius 3 is 2.78 bits per heavy atom. The van der Waals surface area contributed by atoms with Crippen molar-refractivity contribution in [3.05, 3.63) is 50.4 Å². The Hall–Kier alpha value is -1.38. The van der Waals surface area contributed by atoms with Gasteiger partial charge in [-0.2, -0.15) is 5.26 Å². The fourth-order valence-corrected chi connectivity index (χ4v) is 3.10. The standard InChI is InChI=1S/C13H10BrFN2S/c1-17(7-12-4-10(14)8-18-12)11-3-2-9(6-16)13(15)5-11/h2-5,8H,7H2,1H3. The maximum Gasteiger partial charge on any atom is 0.143 e. The minimum atomic E-state index is -0.478. The second kappa shape index (κ2) is 5.51. The number of thiophene rings is 1. The zero-order valence-electron chi connectivity index (χ0n) is 9.65. The van der Waals surface area contributed by atoms with Gasteiger partial charge in [0.05, 0.1) is 12.1 Å². The van der Waals surface area contributed by atoms with Crippen LogP contribution in [-0.2, 0) is 6.54 Å². The number of anilines is 1. The molecule has 0 aliphatic rings. The minimum absolute atomic E-state index is 0.0750. The fraction of sp³-hybridized carbons (Fsp3) is 0.154. The number of rotatable bonds is 3. The van der Waals surface area contributed by atoms with E-state index in [1.54, 1.807) is 17.4 Å². The van der Waals surface area contributed by atoms with Gasteiger partial charge in [0.25, 0.3) is 0 Å². The molecule has 0 atom stereocenters. The second-order valence-electron chi connectivity index (χ2n) is 3.86. The number of nitrogens with zero attached hydrogens (tertiary/aromatic N) is 2. The molecular weight excluding hydrogens is 315 g/mol. The summed E-state index contributed by atoms with van der Waals surface area (Å²) >= 11 is 5.05. The van der Waals surface area contributed by atoms with Crippen LogP contribution in [-0.4, -0.2) is 7.05 Å². The van der Waals surface area contributed by atoms with Crippen molar-refractivity contribution in [2.45, 2.75) is 6.54 Å². The van der Waals surface area contributed by atoms with Crippen molar-refractivity contribution in [2.24, 2.45) is 0 Å². The molecule has 2 rings (SSSR count). The van der Waals surface area contributed by atoms with Crippen molar-refractivity contribution in [2.75, 3.05) is 11.9 Å². The van der Waals surface area contributed by atoms with Crippen LogP contribution in [0.15, 0.2) is 34.1 Å². The summed E-state index contributed by atoms with van der Waals surface area (Å²) in [5.74, 6) is -0.478. The van der Waals surface area contributed by atoms with Crippen LogP contribution >= 0.6 is 27.3 Å². The van der Waals surface area contributed by atoms with Crippen LogP contribution in [0.4, 0.5) is 10.1 Å². The molecule has 0 aliphatic carbocycles. The van der Waals surface area contributed by atoms with Crippen LogP contribution in [0.25, 0.3) is 0 Å². The summed E-state index contributed by atoms with van der Waals surface area (Å²) in [6.45, 7) is 0.710. The van der Waals surface area contributed by atoms with E-state index in [1.807, 2.05) is 29.5 Å². The molecule has 0 amide bonds. The first kappa shape index (κ1) is 13.1. The zero-order valence-corrected chi connectivity index (χ0v) is 12.1. The lowest BCUT2D eigenvalue weighted by molar-refractivity contribution is 0.623. The smallest absolute Gasteiger partial charge is 0.143 e. The molecule has 1 aromatic carbocycles. The van der Waals surface area contributed by atoms with Gasteiger partial charge in [-0.05, 0) is 40.2 Å². The molecule has 2 aromatic rings. The monoisotopic (exact) mass is 324 g/mol. The van der Waals surface area contributed by atoms with Gasteiger partial charge in [0.15, 0.2) is 0 Å². The number of halogens is 2. The molecule has 0 radical (unpaired) electrons. The maximum absolute atomic E-state index is 13.5. The first-order valence-electron chi connectivity index (χ1n) is 5.24. The molecule has 18 heavy (non-hydrogen) atoms. The molecule has 0 unspecified atom stereocenters. The van der Waals surface area contributed by atoms with Gasteiger partial charge in [0.1, 0.15) is 11.9 Å². The van der Waals surface area contributed by atoms with Crippen LogP contribution < -0.4 is 4.90 Å². The van der Waals surface area contributed by atoms with E-state index < -0.39 is 5.82 Å². The highest BCUT2D eigenvalue weighted by Gasteiger charge is 2.08. The van der Waals surface area contributed by atoms with Crippen molar-refractivity contribution in [1.82, 2.24) is 0 Å². The van der Waals surface area contributed by atoms with Gasteiger partial charge in [-0.3, -0.25) is 0 Å². The first-order valence-corrected chi connectivity index (χ1v) is 6.91. The molecule has 0 fully saturated rings. The third-order valence-corrected chi connectivity index (χ3v) is 4.21. The van der Waals surface area contributed by atoms with Gasteiger partial charge >= 0.3 is 0 Å². The quantitative estimate of drug-likeness (QED) is 0.847. The third kappa shape index (κ3) is 2.89. The average Bonchev–Trinajstić information content (AvgIpc) is 2.74. The van der Waals surface area contributed by atoms with Crippen LogP contribution in [0.3, 0.4) is 0 Å². The van der Waals surface area contributed by atoms with Crippen LogP contribution in [0.2, 0.25) is 0 Å². The predicted octanol–water partition coefficient (Wildman–Crippen LogP) is 4.16. The van der Waals surface area contributed by atoms with Crippen molar-refractivity contribution in [3.8, 4) is 6.07 Å². The van der Waals surface area contributed by atoms with E-state index in [1.165, 1.54) is 17.0 Å². The third-order valence-electron chi connectivity index (χ3n) is 2.53. The molecule has 0 saturated heterocycles. The number of hydrogen-bond donors (Lipinski definition) is 0. The summed E-state index contributed by atoms with van der Waals surface area (Å²) in [5.41, 5.74) is 0.835. The summed E-state index contributed by atoms with van der Waals surface area (Å²) in [6, 6.07) is 8.51. The summed E-state index contributed by atoms with van der Waals surface area (Å²) in [4.78, 5) is 3.14. The highest BCUT2D eigenvalue weighted by Crippen LogP contribution is 2.24. The van der Waals surface area contributed by atoms with Gasteiger partial charge in [-0.15, -0.1) is 11.3 Å². The van der Waals surface area contributed by atoms with Gasteiger partial charge in [-0.1, -0.05) is 0 Å². The average molecular weight is 325 g/mol. The topological polar surface area (TPSA) is 27.0 Å². The Kier molecular flexibility index (Phi) is 4.00. The van der Waals surface area contributed by atoms with E-state index in [2.05, 4.69) is 15.9 Å². The first-order chi connectivity index (χ1) is 8.60. The van der Waals surface area contributed by atoms with Crippen LogP contribution in [0, 0.1) is 17.1 Å². The Labute approximate surface area is 117 Å². The summed E-state index contributed by atoms with van der Waals surface area (Å²) in [7, 11) is 1.90. The molecule has 1 heterocycles. The second-order valence-corrected chi connectivity index (χ2v) is 5.77. The normalized spacial score (nSPS) is 10.1. The Balaban J connectivity index is 2.16. The molecule has 0 bridgehead atoms. The summed E-state index contributed by atoms with van der Waals surface area (Å²) in [5, 5.41) is 10.7. The molecule has 0 N–H and O–H groups in total. The molecule has 0 saturated carbocycles. The van der Waals surface area contributed by atoms with Crippen LogP contribution in [0.5, 0.6) is 0 Å². The molecule has 0 aliphatic heterocycles. The van der Waals surface area contributed by atoms with E-state index in [4.69, 9.17) is 5.26 Å². The summed E-state index contributed by atoms with van der Waals surface area (Å²) < 4.78 is 14.6. The van der Waals surface area contributed by atoms with Crippen molar-refractivity contribution >= 4 is 33.0 Å². The Morgan fingerprint density at radius 1 is 1.44 bits per heavy atom. The lowest BCUT2D eigenvalue weighted by atomic mass is 10.2. The van der Waals surface area contributed by atoms with E-state index in [0.717, 1.165) is 10.2 Å². The number of nitriles is 1. The van der Waals surface area contributed by atoms with Crippen LogP contribution in [0.1, 0.15) is 10.4 Å². The molecular formula is C13H10BrFN2S. The Morgan fingerprint density at radius 2 is 2.22 bits per heavy atom. The zero-order chi connectivity index (χ0) is 13.1. The largest absolute Gasteiger partial charge is 0.369 e. The minimum Gasteiger partial charge on any atom is -0.369 e. The van der Waals surface area contributed by atoms with E-state index in [0.29, 0.717) is 6.54 Å². The SMILES string of the molecule is CN(Cc1cc(Br)cs1)c1ccc(C#N)c(F)c1. The van der Waals surface area contributed by atoms with Crippen molar-refractivity contribution in [3.63, 3.8) is 0 Å². The lowest BCUT2D eigenvalue weighted by Gasteiger charge is -2.18. The van der Waals surface area contributed by atoms with E-state index in [-0.39, 0.29) is 5.56 Å². The molecule has 0 spiro atoms. The van der Waals surface area contributed by atoms with Gasteiger partial charge in [0, 0.05) is 27.5 Å². The predicted molar refractivity (Wildman–Crippen MR) is 75.2 cm³/mol. The maximum atomic E-state index is 13.5. The molecule has 5 heteroatoms. The van der Waals surface area contributed by atoms with Gasteiger partial charge in [0.2, 0.25) is 0 Å². The van der Waals surface area contributed by atoms with Crippen molar-refractivity contribution < 1.29 is 4.39 Å².